The van der Waals surface area contributed by atoms with Crippen molar-refractivity contribution in [1.82, 2.24) is 9.80 Å². The van der Waals surface area contributed by atoms with Crippen LogP contribution in [0.5, 0.6) is 0 Å². The van der Waals surface area contributed by atoms with Gasteiger partial charge < -0.3 is 26.7 Å². The molecule has 3 atom stereocenters. The Kier molecular flexibility index (Phi) is 9.50. The van der Waals surface area contributed by atoms with E-state index in [0.717, 1.165) is 22.6 Å². The highest BCUT2D eigenvalue weighted by molar-refractivity contribution is 6.24. The number of nitrogens with two attached hydrogens (primary N) is 2. The molecular formula is C36H34N6O8. The van der Waals surface area contributed by atoms with Crippen molar-refractivity contribution in [1.29, 1.82) is 0 Å². The molecule has 1 saturated heterocycles. The minimum atomic E-state index is -3.34. The van der Waals surface area contributed by atoms with E-state index in [2.05, 4.69) is 5.10 Å². The molecule has 0 spiro atoms. The molecular weight excluding hydrogens is 644 g/mol. The maximum atomic E-state index is 15.0. The number of hydrogen-bond acceptors (Lipinski definition) is 9. The normalized spacial score (nSPS) is 17.9. The molecule has 1 aliphatic heterocycles. The first-order valence-corrected chi connectivity index (χ1v) is 15.4. The smallest absolute Gasteiger partial charge is 0.360 e. The first-order chi connectivity index (χ1) is 23.8. The van der Waals surface area contributed by atoms with Crippen LogP contribution in [-0.2, 0) is 36.1 Å². The number of benzene rings is 4. The quantitative estimate of drug-likeness (QED) is 0.0564. The summed E-state index contributed by atoms with van der Waals surface area (Å²) in [5, 5.41) is 25.7. The number of Topliss-reactive ketones (excluding diaryl/α,β-unsaturated/α-hetero) is 1. The van der Waals surface area contributed by atoms with Crippen LogP contribution in [0.4, 0.5) is 10.5 Å². The molecule has 5 rings (SSSR count). The summed E-state index contributed by atoms with van der Waals surface area (Å²) in [7, 11) is 0. The standard InChI is InChI=1S/C36H34N6O8/c1-22(43)36(33(48)49,41(28-10-4-3-5-11-28)31(46)29(37)19-30(44)45)42-32(47)35(2,27-16-13-23(14-17-27)20-39-38)40(34(42)50)21-24-12-15-25-8-6-7-9-26(25)18-24/h3-18,20,29H,19,21,37-38H2,1-2H3,(H,44,45)(H,48,49)/t29-,35-,36+/m0/s1. The molecule has 4 amide bonds. The molecule has 6 N–H and O–H groups in total. The van der Waals surface area contributed by atoms with Crippen LogP contribution in [-0.4, -0.2) is 73.5 Å². The number of amides is 4. The highest BCUT2D eigenvalue weighted by Crippen LogP contribution is 2.44. The van der Waals surface area contributed by atoms with Gasteiger partial charge in [-0.15, -0.1) is 0 Å². The molecule has 0 radical (unpaired) electrons. The van der Waals surface area contributed by atoms with Crippen molar-refractivity contribution in [2.45, 2.75) is 44.1 Å². The lowest BCUT2D eigenvalue weighted by Crippen LogP contribution is -2.74. The summed E-state index contributed by atoms with van der Waals surface area (Å²) in [5.74, 6) is -1.98. The fraction of sp³-hybridized carbons (Fsp3) is 0.194. The predicted octanol–water partition coefficient (Wildman–Crippen LogP) is 3.02. The number of hydrogen-bond donors (Lipinski definition) is 4. The topological polar surface area (TPSA) is 217 Å². The van der Waals surface area contributed by atoms with Crippen molar-refractivity contribution >= 4 is 58.2 Å². The molecule has 4 aromatic carbocycles. The van der Waals surface area contributed by atoms with Crippen LogP contribution in [0.25, 0.3) is 10.8 Å². The Bertz CT molecular complexity index is 2020. The summed E-state index contributed by atoms with van der Waals surface area (Å²) in [6.07, 6.45) is 0.420. The van der Waals surface area contributed by atoms with E-state index in [0.29, 0.717) is 16.0 Å². The number of carbonyl (C=O) groups is 6. The van der Waals surface area contributed by atoms with Crippen LogP contribution in [0.2, 0.25) is 0 Å². The zero-order valence-corrected chi connectivity index (χ0v) is 27.1. The summed E-state index contributed by atoms with van der Waals surface area (Å²) in [4.78, 5) is 84.8. The number of carboxylic acid groups (broad SMARTS) is 2. The van der Waals surface area contributed by atoms with Crippen molar-refractivity contribution in [3.8, 4) is 0 Å². The first-order valence-electron chi connectivity index (χ1n) is 15.4. The molecule has 4 aromatic rings. The average Bonchev–Trinajstić information content (AvgIpc) is 3.27. The zero-order chi connectivity index (χ0) is 36.4. The van der Waals surface area contributed by atoms with Gasteiger partial charge in [0.2, 0.25) is 5.91 Å². The first kappa shape index (κ1) is 34.9. The number of anilines is 1. The minimum absolute atomic E-state index is 0.222. The van der Waals surface area contributed by atoms with Gasteiger partial charge in [0.25, 0.3) is 11.6 Å². The van der Waals surface area contributed by atoms with Gasteiger partial charge in [-0.05, 0) is 59.5 Å². The molecule has 1 fully saturated rings. The molecule has 0 saturated carbocycles. The lowest BCUT2D eigenvalue weighted by Gasteiger charge is -2.43. The van der Waals surface area contributed by atoms with Crippen molar-refractivity contribution in [2.75, 3.05) is 4.90 Å². The van der Waals surface area contributed by atoms with E-state index in [4.69, 9.17) is 11.6 Å². The number of carboxylic acids is 2. The van der Waals surface area contributed by atoms with Gasteiger partial charge in [0.1, 0.15) is 5.54 Å². The average molecular weight is 679 g/mol. The van der Waals surface area contributed by atoms with Gasteiger partial charge in [-0.3, -0.25) is 24.1 Å². The molecule has 1 aliphatic rings. The SMILES string of the molecule is CC(=O)[C@](C(=O)O)(N1C(=O)N(Cc2ccc3ccccc3c2)[C@@](C)(c2ccc(C=NN)cc2)C1=O)N(C(=O)[C@@H](N)CC(=O)O)c1ccccc1. The van der Waals surface area contributed by atoms with E-state index in [1.165, 1.54) is 49.5 Å². The molecule has 0 aromatic heterocycles. The van der Waals surface area contributed by atoms with Gasteiger partial charge in [-0.1, -0.05) is 78.9 Å². The van der Waals surface area contributed by atoms with Gasteiger partial charge in [0.15, 0.2) is 5.78 Å². The van der Waals surface area contributed by atoms with Gasteiger partial charge in [0, 0.05) is 12.2 Å². The monoisotopic (exact) mass is 678 g/mol. The van der Waals surface area contributed by atoms with E-state index in [1.54, 1.807) is 24.3 Å². The fourth-order valence-electron chi connectivity index (χ4n) is 6.27. The number of imide groups is 1. The van der Waals surface area contributed by atoms with Crippen molar-refractivity contribution < 1.29 is 39.0 Å². The second-order valence-electron chi connectivity index (χ2n) is 11.9. The van der Waals surface area contributed by atoms with E-state index < -0.39 is 59.2 Å². The Morgan fingerprint density at radius 2 is 1.54 bits per heavy atom. The fourth-order valence-corrected chi connectivity index (χ4v) is 6.27. The van der Waals surface area contributed by atoms with Gasteiger partial charge in [-0.2, -0.15) is 5.10 Å². The second-order valence-corrected chi connectivity index (χ2v) is 11.9. The van der Waals surface area contributed by atoms with Crippen molar-refractivity contribution in [3.05, 3.63) is 114 Å². The van der Waals surface area contributed by atoms with Crippen molar-refractivity contribution in [3.63, 3.8) is 0 Å². The predicted molar refractivity (Wildman–Crippen MR) is 183 cm³/mol. The van der Waals surface area contributed by atoms with Crippen LogP contribution >= 0.6 is 0 Å². The molecule has 50 heavy (non-hydrogen) atoms. The second kappa shape index (κ2) is 13.6. The van der Waals surface area contributed by atoms with Crippen LogP contribution in [0.3, 0.4) is 0 Å². The molecule has 0 bridgehead atoms. The number of nitrogens with zero attached hydrogens (tertiary/aromatic N) is 4. The zero-order valence-electron chi connectivity index (χ0n) is 27.1. The van der Waals surface area contributed by atoms with Gasteiger partial charge in [0.05, 0.1) is 18.7 Å². The van der Waals surface area contributed by atoms with Crippen molar-refractivity contribution in [2.24, 2.45) is 16.7 Å². The van der Waals surface area contributed by atoms with E-state index in [9.17, 15) is 39.0 Å². The van der Waals surface area contributed by atoms with Crippen LogP contribution in [0.15, 0.2) is 102 Å². The summed E-state index contributed by atoms with van der Waals surface area (Å²) in [5.41, 5.74) is 1.87. The van der Waals surface area contributed by atoms with E-state index in [1.807, 2.05) is 36.4 Å². The summed E-state index contributed by atoms with van der Waals surface area (Å²) in [6.45, 7) is 2.02. The van der Waals surface area contributed by atoms with E-state index >= 15 is 0 Å². The number of hydrazone groups is 1. The minimum Gasteiger partial charge on any atom is -0.481 e. The van der Waals surface area contributed by atoms with Crippen LogP contribution in [0, 0.1) is 0 Å². The molecule has 256 valence electrons. The highest BCUT2D eigenvalue weighted by atomic mass is 16.4. The summed E-state index contributed by atoms with van der Waals surface area (Å²) in [6, 6.07) is 23.0. The van der Waals surface area contributed by atoms with Gasteiger partial charge in [-0.25, -0.2) is 14.5 Å². The number of para-hydroxylation sites is 1. The molecule has 1 heterocycles. The third kappa shape index (κ3) is 5.81. The van der Waals surface area contributed by atoms with Gasteiger partial charge >= 0.3 is 18.0 Å². The lowest BCUT2D eigenvalue weighted by molar-refractivity contribution is -0.162. The number of rotatable bonds is 12. The molecule has 14 heteroatoms. The highest BCUT2D eigenvalue weighted by Gasteiger charge is 2.69. The maximum Gasteiger partial charge on any atom is 0.360 e. The number of ketones is 1. The van der Waals surface area contributed by atoms with Crippen LogP contribution < -0.4 is 16.5 Å². The Morgan fingerprint density at radius 1 is 0.920 bits per heavy atom. The number of urea groups is 1. The summed E-state index contributed by atoms with van der Waals surface area (Å²) < 4.78 is 0. The lowest BCUT2D eigenvalue weighted by atomic mass is 9.88. The Balaban J connectivity index is 1.77. The largest absolute Gasteiger partial charge is 0.481 e. The van der Waals surface area contributed by atoms with E-state index in [-0.39, 0.29) is 22.7 Å². The number of fused-ring (bicyclic) bond motifs is 1. The Morgan fingerprint density at radius 3 is 2.12 bits per heavy atom. The van der Waals surface area contributed by atoms with Crippen LogP contribution in [0.1, 0.15) is 37.0 Å². The Hall–Kier alpha value is -6.41. The molecule has 0 unspecified atom stereocenters. The Labute approximate surface area is 286 Å². The number of aliphatic carboxylic acids is 2. The maximum absolute atomic E-state index is 15.0. The third-order valence-electron chi connectivity index (χ3n) is 8.82. The third-order valence-corrected chi connectivity index (χ3v) is 8.82. The summed E-state index contributed by atoms with van der Waals surface area (Å²) >= 11 is 0. The number of carbonyl (C=O) groups excluding carboxylic acids is 4. The molecule has 0 aliphatic carbocycles. The molecule has 14 nitrogen and oxygen atoms in total.